The maximum Gasteiger partial charge on any atom is 0.0617 e. The van der Waals surface area contributed by atoms with Crippen LogP contribution in [-0.4, -0.2) is 22.2 Å². The van der Waals surface area contributed by atoms with E-state index in [2.05, 4.69) is 314 Å². The van der Waals surface area contributed by atoms with Gasteiger partial charge in [0.1, 0.15) is 0 Å². The topological polar surface area (TPSA) is 16.3 Å². The number of rotatable bonds is 13. The molecule has 2 aliphatic heterocycles. The van der Waals surface area contributed by atoms with E-state index in [0.29, 0.717) is 23.9 Å². The highest BCUT2D eigenvalue weighted by Crippen LogP contribution is 2.57. The molecule has 4 nitrogen and oxygen atoms in total. The van der Waals surface area contributed by atoms with Crippen molar-refractivity contribution >= 4 is 33.2 Å². The minimum atomic E-state index is 0.527. The van der Waals surface area contributed by atoms with Crippen molar-refractivity contribution in [1.29, 1.82) is 0 Å². The molecule has 6 aliphatic rings. The fourth-order valence-corrected chi connectivity index (χ4v) is 17.5. The van der Waals surface area contributed by atoms with Gasteiger partial charge in [-0.2, -0.15) is 0 Å². The maximum atomic E-state index is 2.69. The molecule has 13 aromatic rings. The van der Waals surface area contributed by atoms with Gasteiger partial charge in [0.2, 0.25) is 0 Å². The highest BCUT2D eigenvalue weighted by atomic mass is 15.2. The first-order valence-electron chi connectivity index (χ1n) is 35.7. The number of hydrogen-bond acceptors (Lipinski definition) is 2. The zero-order valence-electron chi connectivity index (χ0n) is 56.4. The standard InChI is InChI=1S/C25H25N.C24H23N.C23H19N.C20H21N/c1-18-13-14-24-22(16-18)23-17-20-11-5-6-12-21(20)25(23)26(24)15-7-10-19-8-3-2-4-9-19;1-2-9-18(10-3-1)11-8-16-25-23-15-7-6-14-21(23)22-17-19-12-4-5-13-20(19)24(22)25;1-16-11-12-22-20(13-16)21-14-18-9-5-6-10-19(18)23(21)24(22)15-17-7-3-2-4-8-17;1-3-4-11-21-19-10-9-14(2)12-17(19)18-13-15-7-5-6-8-16(15)20(18)21/h2-6,8-9,11-14,16,23,25H,7,10,15,17H2,1H3;1-7,9-10,12-15,22,24H,8,11,16-17H2;2-13H,14-15H2,1H3;5-10,12H,3-4,11,13H2,1-2H3. The molecule has 0 radical (unpaired) electrons. The molecule has 4 aliphatic carbocycles. The van der Waals surface area contributed by atoms with Crippen LogP contribution >= 0.6 is 0 Å². The van der Waals surface area contributed by atoms with Crippen LogP contribution in [0.15, 0.2) is 267 Å². The zero-order valence-corrected chi connectivity index (χ0v) is 56.4. The number of para-hydroxylation sites is 1. The predicted molar refractivity (Wildman–Crippen MR) is 403 cm³/mol. The van der Waals surface area contributed by atoms with Crippen molar-refractivity contribution < 1.29 is 0 Å². The van der Waals surface area contributed by atoms with Gasteiger partial charge in [0, 0.05) is 95.2 Å². The van der Waals surface area contributed by atoms with Crippen LogP contribution in [0.4, 0.5) is 11.4 Å². The van der Waals surface area contributed by atoms with E-state index >= 15 is 0 Å². The third-order valence-electron chi connectivity index (χ3n) is 21.9. The molecule has 2 aromatic heterocycles. The van der Waals surface area contributed by atoms with Crippen molar-refractivity contribution in [1.82, 2.24) is 9.13 Å². The van der Waals surface area contributed by atoms with Gasteiger partial charge in [-0.25, -0.2) is 0 Å². The van der Waals surface area contributed by atoms with Crippen LogP contribution in [0, 0.1) is 20.8 Å². The molecule has 11 aromatic carbocycles. The minimum absolute atomic E-state index is 0.527. The van der Waals surface area contributed by atoms with E-state index in [0.717, 1.165) is 51.9 Å². The molecule has 0 amide bonds. The number of nitrogens with zero attached hydrogens (tertiary/aromatic N) is 4. The summed E-state index contributed by atoms with van der Waals surface area (Å²) in [6, 6.07) is 99.3. The summed E-state index contributed by atoms with van der Waals surface area (Å²) in [6.45, 7) is 13.2. The third-order valence-corrected chi connectivity index (χ3v) is 21.9. The van der Waals surface area contributed by atoms with Crippen molar-refractivity contribution in [3.8, 4) is 22.5 Å². The number of fused-ring (bicyclic) bond motifs is 20. The highest BCUT2D eigenvalue weighted by Gasteiger charge is 2.45. The first-order chi connectivity index (χ1) is 47.3. The smallest absolute Gasteiger partial charge is 0.0617 e. The molecule has 0 N–H and O–H groups in total. The summed E-state index contributed by atoms with van der Waals surface area (Å²) < 4.78 is 5.06. The Morgan fingerprint density at radius 3 is 1.30 bits per heavy atom. The normalized spacial score (nSPS) is 16.5. The SMILES string of the molecule is CCCCn1c2c(c3cc(C)ccc31)Cc1ccccc1-2.Cc1ccc2c(c1)C1Cc3ccccc3C1N2CCCc1ccccc1.Cc1ccc2c(c1)c1c(n2Cc2ccccc2)-c2ccccc2C1.c1ccc(CCCN2c3ccccc3C3Cc4ccccc4C32)cc1. The molecule has 19 rings (SSSR count). The van der Waals surface area contributed by atoms with Gasteiger partial charge in [-0.3, -0.25) is 0 Å². The van der Waals surface area contributed by atoms with Crippen LogP contribution in [0.25, 0.3) is 44.3 Å². The van der Waals surface area contributed by atoms with E-state index in [1.165, 1.54) is 150 Å². The fourth-order valence-electron chi connectivity index (χ4n) is 17.5. The average molecular weight is 1250 g/mol. The Morgan fingerprint density at radius 2 is 0.760 bits per heavy atom. The van der Waals surface area contributed by atoms with Crippen molar-refractivity contribution in [3.63, 3.8) is 0 Å². The molecule has 0 bridgehead atoms. The van der Waals surface area contributed by atoms with Gasteiger partial charge in [0.05, 0.1) is 23.5 Å². The zero-order chi connectivity index (χ0) is 64.6. The predicted octanol–water partition coefficient (Wildman–Crippen LogP) is 22.2. The fraction of sp³-hybridized carbons (Fsp3) is 0.239. The van der Waals surface area contributed by atoms with E-state index in [1.807, 2.05) is 0 Å². The van der Waals surface area contributed by atoms with Gasteiger partial charge in [-0.05, 0) is 174 Å². The lowest BCUT2D eigenvalue weighted by molar-refractivity contribution is 0.575. The summed E-state index contributed by atoms with van der Waals surface area (Å²) >= 11 is 0. The van der Waals surface area contributed by atoms with Crippen LogP contribution in [0.5, 0.6) is 0 Å². The van der Waals surface area contributed by atoms with Crippen molar-refractivity contribution in [2.45, 2.75) is 129 Å². The third kappa shape index (κ3) is 11.6. The molecule has 0 saturated carbocycles. The Hall–Kier alpha value is -9.90. The van der Waals surface area contributed by atoms with Crippen molar-refractivity contribution in [2.75, 3.05) is 22.9 Å². The second-order valence-corrected chi connectivity index (χ2v) is 28.0. The second-order valence-electron chi connectivity index (χ2n) is 28.0. The summed E-state index contributed by atoms with van der Waals surface area (Å²) in [4.78, 5) is 5.36. The van der Waals surface area contributed by atoms with Crippen LogP contribution in [0.3, 0.4) is 0 Å². The van der Waals surface area contributed by atoms with Gasteiger partial charge < -0.3 is 18.9 Å². The van der Waals surface area contributed by atoms with Gasteiger partial charge >= 0.3 is 0 Å². The molecular formula is C92H88N4. The Kier molecular flexibility index (Phi) is 17.0. The van der Waals surface area contributed by atoms with Crippen LogP contribution in [0.1, 0.15) is 146 Å². The molecule has 0 spiro atoms. The second kappa shape index (κ2) is 26.7. The highest BCUT2D eigenvalue weighted by molar-refractivity contribution is 5.97. The lowest BCUT2D eigenvalue weighted by Gasteiger charge is -2.28. The summed E-state index contributed by atoms with van der Waals surface area (Å²) in [5, 5.41) is 2.87. The number of anilines is 2. The van der Waals surface area contributed by atoms with Crippen molar-refractivity contribution in [2.24, 2.45) is 0 Å². The van der Waals surface area contributed by atoms with Gasteiger partial charge in [-0.15, -0.1) is 0 Å². The molecule has 0 fully saturated rings. The van der Waals surface area contributed by atoms with Crippen molar-refractivity contribution in [3.05, 3.63) is 356 Å². The Labute approximate surface area is 569 Å². The number of benzene rings is 11. The maximum absolute atomic E-state index is 2.69. The van der Waals surface area contributed by atoms with Crippen LogP contribution < -0.4 is 9.80 Å². The number of hydrogen-bond donors (Lipinski definition) is 0. The lowest BCUT2D eigenvalue weighted by Crippen LogP contribution is -2.26. The number of unbranched alkanes of at least 4 members (excludes halogenated alkanes) is 1. The molecule has 4 unspecified atom stereocenters. The molecule has 4 atom stereocenters. The minimum Gasteiger partial charge on any atom is -0.364 e. The quantitative estimate of drug-likeness (QED) is 0.114. The average Bonchev–Trinajstić information content (AvgIpc) is 1.61. The summed E-state index contributed by atoms with van der Waals surface area (Å²) in [7, 11) is 0. The Bertz CT molecular complexity index is 4930. The first kappa shape index (κ1) is 61.0. The monoisotopic (exact) mass is 1250 g/mol. The lowest BCUT2D eigenvalue weighted by atomic mass is 9.94. The largest absolute Gasteiger partial charge is 0.364 e. The number of aryl methyl sites for hydroxylation is 6. The van der Waals surface area contributed by atoms with E-state index in [4.69, 9.17) is 0 Å². The van der Waals surface area contributed by atoms with E-state index in [-0.39, 0.29) is 0 Å². The van der Waals surface area contributed by atoms with Crippen LogP contribution in [-0.2, 0) is 51.6 Å². The summed E-state index contributed by atoms with van der Waals surface area (Å²) in [6.07, 6.45) is 11.7. The molecule has 4 heteroatoms. The molecule has 476 valence electrons. The van der Waals surface area contributed by atoms with E-state index in [1.54, 1.807) is 33.4 Å². The van der Waals surface area contributed by atoms with E-state index in [9.17, 15) is 0 Å². The Morgan fingerprint density at radius 1 is 0.344 bits per heavy atom. The molecule has 4 heterocycles. The van der Waals surface area contributed by atoms with E-state index < -0.39 is 0 Å². The summed E-state index contributed by atoms with van der Waals surface area (Å²) in [5.41, 5.74) is 35.0. The van der Waals surface area contributed by atoms with Gasteiger partial charge in [0.25, 0.3) is 0 Å². The number of aromatic nitrogens is 2. The summed E-state index contributed by atoms with van der Waals surface area (Å²) in [5.74, 6) is 1.25. The molecule has 96 heavy (non-hydrogen) atoms. The van der Waals surface area contributed by atoms with Crippen LogP contribution in [0.2, 0.25) is 0 Å². The first-order valence-corrected chi connectivity index (χ1v) is 35.7. The Balaban J connectivity index is 0.000000101. The molecular weight excluding hydrogens is 1160 g/mol. The van der Waals surface area contributed by atoms with Gasteiger partial charge in [0.15, 0.2) is 0 Å². The van der Waals surface area contributed by atoms with Gasteiger partial charge in [-0.1, -0.05) is 261 Å². The molecule has 0 saturated heterocycles.